The first-order valence-electron chi connectivity index (χ1n) is 7.27. The van der Waals surface area contributed by atoms with Crippen LogP contribution in [0.4, 0.5) is 4.39 Å². The Hall–Kier alpha value is -1.99. The zero-order valence-electron chi connectivity index (χ0n) is 12.5. The molecule has 3 rings (SSSR count). The number of nitrogens with zero attached hydrogens (tertiary/aromatic N) is 1. The van der Waals surface area contributed by atoms with Gasteiger partial charge in [0.2, 0.25) is 0 Å². The van der Waals surface area contributed by atoms with Gasteiger partial charge in [0, 0.05) is 17.8 Å². The third-order valence-electron chi connectivity index (χ3n) is 3.92. The predicted octanol–water partition coefficient (Wildman–Crippen LogP) is 2.66. The molecular formula is C16H16FNO4S. The van der Waals surface area contributed by atoms with Gasteiger partial charge in [0.1, 0.15) is 5.82 Å². The number of carbonyl (C=O) groups excluding carboxylic acids is 1. The fourth-order valence-electron chi connectivity index (χ4n) is 2.76. The lowest BCUT2D eigenvalue weighted by Gasteiger charge is -2.32. The highest BCUT2D eigenvalue weighted by Crippen LogP contribution is 2.32. The average molecular weight is 337 g/mol. The maximum absolute atomic E-state index is 13.4. The minimum absolute atomic E-state index is 0.125. The molecule has 0 radical (unpaired) electrons. The maximum atomic E-state index is 13.4. The summed E-state index contributed by atoms with van der Waals surface area (Å²) < 4.78 is 19.6. The lowest BCUT2D eigenvalue weighted by molar-refractivity contribution is -0.141. The normalized spacial score (nSPS) is 18.3. The van der Waals surface area contributed by atoms with Gasteiger partial charge in [0.05, 0.1) is 24.0 Å². The molecule has 122 valence electrons. The van der Waals surface area contributed by atoms with Crippen LogP contribution in [0.15, 0.2) is 18.2 Å². The number of carboxylic acids is 1. The maximum Gasteiger partial charge on any atom is 0.306 e. The summed E-state index contributed by atoms with van der Waals surface area (Å²) in [4.78, 5) is 25.7. The second kappa shape index (κ2) is 6.25. The highest BCUT2D eigenvalue weighted by atomic mass is 32.1. The largest absolute Gasteiger partial charge is 0.481 e. The van der Waals surface area contributed by atoms with E-state index in [-0.39, 0.29) is 24.7 Å². The molecule has 2 heterocycles. The number of fused-ring (bicyclic) bond motifs is 1. The van der Waals surface area contributed by atoms with E-state index in [4.69, 9.17) is 9.84 Å². The number of carbonyl (C=O) groups is 2. The molecule has 5 nitrogen and oxygen atoms in total. The van der Waals surface area contributed by atoms with Crippen LogP contribution in [0, 0.1) is 12.7 Å². The molecule has 1 aromatic carbocycles. The summed E-state index contributed by atoms with van der Waals surface area (Å²) in [6, 6.07) is 4.49. The topological polar surface area (TPSA) is 66.8 Å². The van der Waals surface area contributed by atoms with Crippen LogP contribution in [0.1, 0.15) is 21.7 Å². The highest BCUT2D eigenvalue weighted by Gasteiger charge is 2.28. The molecule has 1 saturated heterocycles. The lowest BCUT2D eigenvalue weighted by Crippen LogP contribution is -2.46. The Morgan fingerprint density at radius 1 is 1.48 bits per heavy atom. The monoisotopic (exact) mass is 337 g/mol. The standard InChI is InChI=1S/C16H16FNO4S/c1-9-12-6-10(17)2-3-13(12)23-15(9)16(21)18-4-5-22-11(8-18)7-14(19)20/h2-3,6,11H,4-5,7-8H2,1H3,(H,19,20)/t11-/m1/s1. The van der Waals surface area contributed by atoms with E-state index < -0.39 is 12.1 Å². The van der Waals surface area contributed by atoms with Crippen molar-refractivity contribution in [3.8, 4) is 0 Å². The summed E-state index contributed by atoms with van der Waals surface area (Å²) in [5.41, 5.74) is 0.760. The molecule has 1 amide bonds. The van der Waals surface area contributed by atoms with Gasteiger partial charge in [0.15, 0.2) is 0 Å². The van der Waals surface area contributed by atoms with Crippen LogP contribution in [0.3, 0.4) is 0 Å². The number of carboxylic acid groups (broad SMARTS) is 1. The van der Waals surface area contributed by atoms with E-state index in [1.54, 1.807) is 17.9 Å². The number of benzene rings is 1. The summed E-state index contributed by atoms with van der Waals surface area (Å²) in [6.07, 6.45) is -0.613. The first-order valence-corrected chi connectivity index (χ1v) is 8.08. The van der Waals surface area contributed by atoms with Gasteiger partial charge in [-0.15, -0.1) is 11.3 Å². The second-order valence-electron chi connectivity index (χ2n) is 5.54. The number of morpholine rings is 1. The van der Waals surface area contributed by atoms with E-state index in [2.05, 4.69) is 0 Å². The van der Waals surface area contributed by atoms with Crippen molar-refractivity contribution in [3.05, 3.63) is 34.5 Å². The first-order chi connectivity index (χ1) is 11.0. The SMILES string of the molecule is Cc1c(C(=O)N2CCO[C@H](CC(=O)O)C2)sc2ccc(F)cc12. The minimum Gasteiger partial charge on any atom is -0.481 e. The molecule has 7 heteroatoms. The van der Waals surface area contributed by atoms with Gasteiger partial charge in [-0.05, 0) is 36.1 Å². The van der Waals surface area contributed by atoms with Crippen LogP contribution in [0.25, 0.3) is 10.1 Å². The van der Waals surface area contributed by atoms with E-state index in [0.717, 1.165) is 15.6 Å². The Balaban J connectivity index is 1.85. The molecule has 1 atom stereocenters. The van der Waals surface area contributed by atoms with Gasteiger partial charge in [-0.25, -0.2) is 4.39 Å². The average Bonchev–Trinajstić information content (AvgIpc) is 2.83. The van der Waals surface area contributed by atoms with Crippen LogP contribution >= 0.6 is 11.3 Å². The Bertz CT molecular complexity index is 773. The van der Waals surface area contributed by atoms with E-state index in [1.165, 1.54) is 23.5 Å². The number of amides is 1. The van der Waals surface area contributed by atoms with Crippen LogP contribution < -0.4 is 0 Å². The summed E-state index contributed by atoms with van der Waals surface area (Å²) >= 11 is 1.33. The second-order valence-corrected chi connectivity index (χ2v) is 6.59. The number of aliphatic carboxylic acids is 1. The van der Waals surface area contributed by atoms with E-state index >= 15 is 0 Å². The molecule has 1 aromatic heterocycles. The number of thiophene rings is 1. The quantitative estimate of drug-likeness (QED) is 0.935. The van der Waals surface area contributed by atoms with Gasteiger partial charge in [-0.2, -0.15) is 0 Å². The molecule has 0 spiro atoms. The minimum atomic E-state index is -0.946. The number of rotatable bonds is 3. The number of hydrogen-bond acceptors (Lipinski definition) is 4. The van der Waals surface area contributed by atoms with Crippen molar-refractivity contribution in [1.82, 2.24) is 4.90 Å². The van der Waals surface area contributed by atoms with Crippen LogP contribution in [-0.4, -0.2) is 47.7 Å². The summed E-state index contributed by atoms with van der Waals surface area (Å²) in [6.45, 7) is 2.81. The highest BCUT2D eigenvalue weighted by molar-refractivity contribution is 7.21. The Labute approximate surface area is 136 Å². The molecular weight excluding hydrogens is 321 g/mol. The van der Waals surface area contributed by atoms with Gasteiger partial charge in [0.25, 0.3) is 5.91 Å². The molecule has 2 aromatic rings. The molecule has 0 aliphatic carbocycles. The van der Waals surface area contributed by atoms with Gasteiger partial charge < -0.3 is 14.7 Å². The van der Waals surface area contributed by atoms with Crippen molar-refractivity contribution in [1.29, 1.82) is 0 Å². The summed E-state index contributed by atoms with van der Waals surface area (Å²) in [7, 11) is 0. The van der Waals surface area contributed by atoms with E-state index in [1.807, 2.05) is 0 Å². The van der Waals surface area contributed by atoms with Crippen LogP contribution in [0.5, 0.6) is 0 Å². The predicted molar refractivity (Wildman–Crippen MR) is 84.4 cm³/mol. The van der Waals surface area contributed by atoms with Gasteiger partial charge in [-0.1, -0.05) is 0 Å². The number of ether oxygens (including phenoxy) is 1. The van der Waals surface area contributed by atoms with Gasteiger partial charge in [-0.3, -0.25) is 9.59 Å². The molecule has 1 aliphatic rings. The Morgan fingerprint density at radius 2 is 2.26 bits per heavy atom. The molecule has 0 saturated carbocycles. The van der Waals surface area contributed by atoms with Crippen molar-refractivity contribution in [2.45, 2.75) is 19.4 Å². The van der Waals surface area contributed by atoms with E-state index in [9.17, 15) is 14.0 Å². The van der Waals surface area contributed by atoms with Crippen molar-refractivity contribution < 1.29 is 23.8 Å². The van der Waals surface area contributed by atoms with Crippen molar-refractivity contribution in [3.63, 3.8) is 0 Å². The number of hydrogen-bond donors (Lipinski definition) is 1. The van der Waals surface area contributed by atoms with Crippen molar-refractivity contribution in [2.24, 2.45) is 0 Å². The van der Waals surface area contributed by atoms with Crippen LogP contribution in [-0.2, 0) is 9.53 Å². The van der Waals surface area contributed by atoms with Crippen molar-refractivity contribution >= 4 is 33.3 Å². The summed E-state index contributed by atoms with van der Waals surface area (Å²) in [5.74, 6) is -1.43. The smallest absolute Gasteiger partial charge is 0.306 e. The third-order valence-corrected chi connectivity index (χ3v) is 5.18. The van der Waals surface area contributed by atoms with Crippen molar-refractivity contribution in [2.75, 3.05) is 19.7 Å². The molecule has 0 unspecified atom stereocenters. The Kier molecular flexibility index (Phi) is 4.32. The molecule has 1 aliphatic heterocycles. The van der Waals surface area contributed by atoms with Crippen LogP contribution in [0.2, 0.25) is 0 Å². The van der Waals surface area contributed by atoms with Gasteiger partial charge >= 0.3 is 5.97 Å². The lowest BCUT2D eigenvalue weighted by atomic mass is 10.1. The van der Waals surface area contributed by atoms with E-state index in [0.29, 0.717) is 18.0 Å². The third kappa shape index (κ3) is 3.20. The molecule has 1 fully saturated rings. The zero-order chi connectivity index (χ0) is 16.6. The Morgan fingerprint density at radius 3 is 3.00 bits per heavy atom. The fraction of sp³-hybridized carbons (Fsp3) is 0.375. The molecule has 0 bridgehead atoms. The summed E-state index contributed by atoms with van der Waals surface area (Å²) in [5, 5.41) is 9.60. The number of halogens is 1. The first kappa shape index (κ1) is 15.9. The fourth-order valence-corrected chi connectivity index (χ4v) is 3.92. The zero-order valence-corrected chi connectivity index (χ0v) is 13.4. The number of aryl methyl sites for hydroxylation is 1. The molecule has 1 N–H and O–H groups in total. The molecule has 23 heavy (non-hydrogen) atoms.